The van der Waals surface area contributed by atoms with Crippen molar-refractivity contribution in [2.24, 2.45) is 0 Å². The van der Waals surface area contributed by atoms with Crippen molar-refractivity contribution in [3.05, 3.63) is 46.0 Å². The second-order valence-corrected chi connectivity index (χ2v) is 5.93. The third kappa shape index (κ3) is 2.25. The topological polar surface area (TPSA) is 32.5 Å². The van der Waals surface area contributed by atoms with Crippen LogP contribution in [0.25, 0.3) is 0 Å². The Bertz CT molecular complexity index is 612. The Morgan fingerprint density at radius 3 is 2.47 bits per heavy atom. The van der Waals surface area contributed by atoms with Crippen LogP contribution in [0.15, 0.2) is 42.5 Å². The standard InChI is InChI=1S/C15H16IN3/c1-18-8-9-19(15-5-3-2-4-14(15)18)13-7-6-11(17)10-12(13)16/h2-7,10H,8-9,17H2,1H3. The largest absolute Gasteiger partial charge is 0.399 e. The van der Waals surface area contributed by atoms with Gasteiger partial charge in [-0.1, -0.05) is 12.1 Å². The minimum atomic E-state index is 0.815. The number of nitrogens with zero attached hydrogens (tertiary/aromatic N) is 2. The highest BCUT2D eigenvalue weighted by molar-refractivity contribution is 14.1. The summed E-state index contributed by atoms with van der Waals surface area (Å²) in [5, 5.41) is 0. The molecule has 19 heavy (non-hydrogen) atoms. The molecular formula is C15H16IN3. The lowest BCUT2D eigenvalue weighted by atomic mass is 10.1. The van der Waals surface area contributed by atoms with E-state index in [0.717, 1.165) is 18.8 Å². The van der Waals surface area contributed by atoms with Crippen LogP contribution in [0.1, 0.15) is 0 Å². The molecule has 3 rings (SSSR count). The molecule has 2 N–H and O–H groups in total. The minimum Gasteiger partial charge on any atom is -0.399 e. The zero-order chi connectivity index (χ0) is 13.4. The van der Waals surface area contributed by atoms with E-state index in [1.165, 1.54) is 20.6 Å². The Hall–Kier alpha value is -1.43. The highest BCUT2D eigenvalue weighted by Gasteiger charge is 2.22. The first-order valence-corrected chi connectivity index (χ1v) is 7.37. The van der Waals surface area contributed by atoms with E-state index in [0.29, 0.717) is 0 Å². The van der Waals surface area contributed by atoms with Gasteiger partial charge in [0.15, 0.2) is 0 Å². The first-order chi connectivity index (χ1) is 9.16. The van der Waals surface area contributed by atoms with E-state index in [4.69, 9.17) is 5.73 Å². The van der Waals surface area contributed by atoms with Gasteiger partial charge in [-0.3, -0.25) is 0 Å². The third-order valence-electron chi connectivity index (χ3n) is 3.51. The molecule has 3 nitrogen and oxygen atoms in total. The van der Waals surface area contributed by atoms with E-state index in [-0.39, 0.29) is 0 Å². The lowest BCUT2D eigenvalue weighted by Gasteiger charge is -2.37. The van der Waals surface area contributed by atoms with Crippen LogP contribution < -0.4 is 15.5 Å². The number of rotatable bonds is 1. The predicted octanol–water partition coefficient (Wildman–Crippen LogP) is 3.46. The van der Waals surface area contributed by atoms with Crippen LogP contribution in [-0.2, 0) is 0 Å². The Balaban J connectivity index is 2.09. The molecule has 0 aromatic heterocycles. The molecule has 1 aliphatic heterocycles. The van der Waals surface area contributed by atoms with Gasteiger partial charge in [-0.05, 0) is 52.9 Å². The van der Waals surface area contributed by atoms with Crippen LogP contribution in [0.5, 0.6) is 0 Å². The van der Waals surface area contributed by atoms with E-state index in [9.17, 15) is 0 Å². The minimum absolute atomic E-state index is 0.815. The second kappa shape index (κ2) is 4.92. The van der Waals surface area contributed by atoms with Crippen molar-refractivity contribution in [2.45, 2.75) is 0 Å². The molecule has 0 saturated carbocycles. The predicted molar refractivity (Wildman–Crippen MR) is 90.3 cm³/mol. The molecule has 0 atom stereocenters. The third-order valence-corrected chi connectivity index (χ3v) is 4.37. The quantitative estimate of drug-likeness (QED) is 0.621. The fraction of sp³-hybridized carbons (Fsp3) is 0.200. The van der Waals surface area contributed by atoms with Crippen LogP contribution in [0, 0.1) is 3.57 Å². The van der Waals surface area contributed by atoms with Crippen molar-refractivity contribution in [3.8, 4) is 0 Å². The molecule has 0 amide bonds. The lowest BCUT2D eigenvalue weighted by Crippen LogP contribution is -2.36. The SMILES string of the molecule is CN1CCN(c2ccc(N)cc2I)c2ccccc21. The Morgan fingerprint density at radius 2 is 1.74 bits per heavy atom. The number of nitrogens with two attached hydrogens (primary N) is 1. The maximum atomic E-state index is 5.84. The maximum absolute atomic E-state index is 5.84. The van der Waals surface area contributed by atoms with Crippen molar-refractivity contribution in [1.82, 2.24) is 0 Å². The van der Waals surface area contributed by atoms with Crippen LogP contribution in [0.3, 0.4) is 0 Å². The number of halogens is 1. The number of para-hydroxylation sites is 2. The van der Waals surface area contributed by atoms with E-state index in [1.807, 2.05) is 12.1 Å². The van der Waals surface area contributed by atoms with E-state index in [2.05, 4.69) is 69.8 Å². The van der Waals surface area contributed by atoms with Gasteiger partial charge in [-0.2, -0.15) is 0 Å². The van der Waals surface area contributed by atoms with Crippen LogP contribution in [0.4, 0.5) is 22.7 Å². The van der Waals surface area contributed by atoms with Crippen molar-refractivity contribution < 1.29 is 0 Å². The lowest BCUT2D eigenvalue weighted by molar-refractivity contribution is 0.821. The summed E-state index contributed by atoms with van der Waals surface area (Å²) in [6.07, 6.45) is 0. The zero-order valence-electron chi connectivity index (χ0n) is 10.8. The van der Waals surface area contributed by atoms with Crippen LogP contribution in [0.2, 0.25) is 0 Å². The number of fused-ring (bicyclic) bond motifs is 1. The number of nitrogen functional groups attached to an aromatic ring is 1. The Morgan fingerprint density at radius 1 is 1.00 bits per heavy atom. The molecule has 1 aliphatic rings. The monoisotopic (exact) mass is 365 g/mol. The summed E-state index contributed by atoms with van der Waals surface area (Å²) in [6.45, 7) is 2.02. The summed E-state index contributed by atoms with van der Waals surface area (Å²) in [4.78, 5) is 4.67. The molecule has 0 spiro atoms. The summed E-state index contributed by atoms with van der Waals surface area (Å²) in [5.74, 6) is 0. The van der Waals surface area contributed by atoms with Crippen LogP contribution in [-0.4, -0.2) is 20.1 Å². The molecule has 0 saturated heterocycles. The highest BCUT2D eigenvalue weighted by Crippen LogP contribution is 2.38. The number of benzene rings is 2. The number of hydrogen-bond donors (Lipinski definition) is 1. The molecule has 0 fully saturated rings. The Kier molecular flexibility index (Phi) is 3.26. The Labute approximate surface area is 127 Å². The van der Waals surface area contributed by atoms with Crippen molar-refractivity contribution in [1.29, 1.82) is 0 Å². The van der Waals surface area contributed by atoms with Gasteiger partial charge in [0, 0.05) is 29.4 Å². The van der Waals surface area contributed by atoms with Crippen molar-refractivity contribution in [2.75, 3.05) is 35.7 Å². The van der Waals surface area contributed by atoms with Gasteiger partial charge in [-0.25, -0.2) is 0 Å². The van der Waals surface area contributed by atoms with Gasteiger partial charge >= 0.3 is 0 Å². The first kappa shape index (κ1) is 12.6. The number of anilines is 4. The summed E-state index contributed by atoms with van der Waals surface area (Å²) < 4.78 is 1.19. The fourth-order valence-corrected chi connectivity index (χ4v) is 3.33. The number of hydrogen-bond acceptors (Lipinski definition) is 3. The van der Waals surface area contributed by atoms with Crippen molar-refractivity contribution >= 4 is 45.3 Å². The fourth-order valence-electron chi connectivity index (χ4n) is 2.50. The molecule has 0 unspecified atom stereocenters. The average molecular weight is 365 g/mol. The van der Waals surface area contributed by atoms with Gasteiger partial charge in [-0.15, -0.1) is 0 Å². The molecular weight excluding hydrogens is 349 g/mol. The molecule has 0 bridgehead atoms. The second-order valence-electron chi connectivity index (χ2n) is 4.77. The molecule has 98 valence electrons. The van der Waals surface area contributed by atoms with Gasteiger partial charge in [0.05, 0.1) is 17.1 Å². The van der Waals surface area contributed by atoms with Gasteiger partial charge in [0.25, 0.3) is 0 Å². The number of likely N-dealkylation sites (N-methyl/N-ethyl adjacent to an activating group) is 1. The summed E-state index contributed by atoms with van der Waals surface area (Å²) in [6, 6.07) is 14.6. The maximum Gasteiger partial charge on any atom is 0.0649 e. The summed E-state index contributed by atoms with van der Waals surface area (Å²) >= 11 is 2.36. The molecule has 0 radical (unpaired) electrons. The highest BCUT2D eigenvalue weighted by atomic mass is 127. The van der Waals surface area contributed by atoms with Gasteiger partial charge in [0.1, 0.15) is 0 Å². The van der Waals surface area contributed by atoms with E-state index >= 15 is 0 Å². The molecule has 1 heterocycles. The van der Waals surface area contributed by atoms with Crippen LogP contribution >= 0.6 is 22.6 Å². The van der Waals surface area contributed by atoms with Gasteiger partial charge in [0.2, 0.25) is 0 Å². The average Bonchev–Trinajstić information content (AvgIpc) is 2.41. The molecule has 0 aliphatic carbocycles. The van der Waals surface area contributed by atoms with Crippen molar-refractivity contribution in [3.63, 3.8) is 0 Å². The van der Waals surface area contributed by atoms with Gasteiger partial charge < -0.3 is 15.5 Å². The normalized spacial score (nSPS) is 14.4. The first-order valence-electron chi connectivity index (χ1n) is 6.29. The summed E-state index contributed by atoms with van der Waals surface area (Å²) in [7, 11) is 2.14. The summed E-state index contributed by atoms with van der Waals surface area (Å²) in [5.41, 5.74) is 10.4. The smallest absolute Gasteiger partial charge is 0.0649 e. The molecule has 4 heteroatoms. The zero-order valence-corrected chi connectivity index (χ0v) is 13.0. The van der Waals surface area contributed by atoms with E-state index < -0.39 is 0 Å². The molecule has 2 aromatic carbocycles. The molecule has 2 aromatic rings. The van der Waals surface area contributed by atoms with E-state index in [1.54, 1.807) is 0 Å².